The molecule has 2 N–H and O–H groups in total. The Bertz CT molecular complexity index is 588. The van der Waals surface area contributed by atoms with Gasteiger partial charge in [-0.2, -0.15) is 0 Å². The number of aromatic nitrogens is 2. The van der Waals surface area contributed by atoms with E-state index in [1.165, 1.54) is 12.3 Å². The predicted molar refractivity (Wildman–Crippen MR) is 73.7 cm³/mol. The second-order valence-electron chi connectivity index (χ2n) is 4.07. The van der Waals surface area contributed by atoms with Gasteiger partial charge >= 0.3 is 0 Å². The third kappa shape index (κ3) is 3.20. The smallest absolute Gasteiger partial charge is 0.255 e. The quantitative estimate of drug-likeness (QED) is 0.930. The SMILES string of the molecule is CN(Cc1ccccn1)C(=O)c1cnc(N)c(Cl)c1. The van der Waals surface area contributed by atoms with E-state index in [1.54, 1.807) is 18.1 Å². The van der Waals surface area contributed by atoms with E-state index >= 15 is 0 Å². The van der Waals surface area contributed by atoms with Crippen LogP contribution in [0.15, 0.2) is 36.7 Å². The molecule has 0 aliphatic carbocycles. The van der Waals surface area contributed by atoms with Crippen LogP contribution >= 0.6 is 11.6 Å². The Morgan fingerprint density at radius 3 is 2.84 bits per heavy atom. The number of anilines is 1. The molecule has 0 saturated heterocycles. The summed E-state index contributed by atoms with van der Waals surface area (Å²) in [6, 6.07) is 7.08. The molecule has 19 heavy (non-hydrogen) atoms. The Kier molecular flexibility index (Phi) is 3.97. The van der Waals surface area contributed by atoms with Crippen LogP contribution in [0.4, 0.5) is 5.82 Å². The van der Waals surface area contributed by atoms with Crippen molar-refractivity contribution in [2.75, 3.05) is 12.8 Å². The molecule has 0 radical (unpaired) electrons. The third-order valence-electron chi connectivity index (χ3n) is 2.59. The summed E-state index contributed by atoms with van der Waals surface area (Å²) >= 11 is 5.85. The summed E-state index contributed by atoms with van der Waals surface area (Å²) in [4.78, 5) is 21.8. The molecule has 0 atom stereocenters. The van der Waals surface area contributed by atoms with E-state index in [4.69, 9.17) is 17.3 Å². The maximum atomic E-state index is 12.2. The van der Waals surface area contributed by atoms with Crippen LogP contribution in [-0.4, -0.2) is 27.8 Å². The molecule has 0 bridgehead atoms. The first kappa shape index (κ1) is 13.3. The maximum absolute atomic E-state index is 12.2. The lowest BCUT2D eigenvalue weighted by Crippen LogP contribution is -2.26. The highest BCUT2D eigenvalue weighted by Gasteiger charge is 2.14. The van der Waals surface area contributed by atoms with Gasteiger partial charge in [-0.05, 0) is 18.2 Å². The van der Waals surface area contributed by atoms with Crippen molar-refractivity contribution in [1.82, 2.24) is 14.9 Å². The number of amides is 1. The maximum Gasteiger partial charge on any atom is 0.255 e. The average molecular weight is 277 g/mol. The summed E-state index contributed by atoms with van der Waals surface area (Å²) in [5.74, 6) is 0.0330. The molecule has 6 heteroatoms. The Balaban J connectivity index is 2.12. The van der Waals surface area contributed by atoms with Crippen molar-refractivity contribution in [3.05, 3.63) is 52.9 Å². The van der Waals surface area contributed by atoms with Gasteiger partial charge in [0, 0.05) is 19.4 Å². The van der Waals surface area contributed by atoms with Gasteiger partial charge in [0.15, 0.2) is 0 Å². The lowest BCUT2D eigenvalue weighted by atomic mass is 10.2. The van der Waals surface area contributed by atoms with Crippen LogP contribution < -0.4 is 5.73 Å². The first-order chi connectivity index (χ1) is 9.08. The standard InChI is InChI=1S/C13H13ClN4O/c1-18(8-10-4-2-3-5-16-10)13(19)9-6-11(14)12(15)17-7-9/h2-7H,8H2,1H3,(H2,15,17). The highest BCUT2D eigenvalue weighted by Crippen LogP contribution is 2.17. The molecule has 5 nitrogen and oxygen atoms in total. The van der Waals surface area contributed by atoms with Crippen LogP contribution in [0.2, 0.25) is 5.02 Å². The van der Waals surface area contributed by atoms with Crippen LogP contribution in [0.25, 0.3) is 0 Å². The van der Waals surface area contributed by atoms with Crippen LogP contribution in [0.1, 0.15) is 16.1 Å². The van der Waals surface area contributed by atoms with Crippen molar-refractivity contribution in [2.45, 2.75) is 6.54 Å². The average Bonchev–Trinajstić information content (AvgIpc) is 2.42. The molecule has 1 amide bonds. The van der Waals surface area contributed by atoms with Crippen molar-refractivity contribution in [3.8, 4) is 0 Å². The fourth-order valence-electron chi connectivity index (χ4n) is 1.59. The van der Waals surface area contributed by atoms with E-state index in [-0.39, 0.29) is 16.7 Å². The molecule has 0 aromatic carbocycles. The number of nitrogens with two attached hydrogens (primary N) is 1. The lowest BCUT2D eigenvalue weighted by molar-refractivity contribution is 0.0783. The summed E-state index contributed by atoms with van der Waals surface area (Å²) in [6.45, 7) is 0.418. The van der Waals surface area contributed by atoms with E-state index in [0.717, 1.165) is 5.69 Å². The number of carbonyl (C=O) groups is 1. The van der Waals surface area contributed by atoms with Gasteiger partial charge in [-0.15, -0.1) is 0 Å². The lowest BCUT2D eigenvalue weighted by Gasteiger charge is -2.16. The normalized spacial score (nSPS) is 10.2. The van der Waals surface area contributed by atoms with Gasteiger partial charge in [0.25, 0.3) is 5.91 Å². The second-order valence-corrected chi connectivity index (χ2v) is 4.48. The van der Waals surface area contributed by atoms with Gasteiger partial charge < -0.3 is 10.6 Å². The molecule has 2 aromatic rings. The van der Waals surface area contributed by atoms with Gasteiger partial charge in [0.2, 0.25) is 0 Å². The zero-order chi connectivity index (χ0) is 13.8. The number of pyridine rings is 2. The molecular formula is C13H13ClN4O. The highest BCUT2D eigenvalue weighted by molar-refractivity contribution is 6.33. The fraction of sp³-hybridized carbons (Fsp3) is 0.154. The first-order valence-corrected chi connectivity index (χ1v) is 6.02. The van der Waals surface area contributed by atoms with Gasteiger partial charge in [-0.1, -0.05) is 17.7 Å². The topological polar surface area (TPSA) is 72.1 Å². The highest BCUT2D eigenvalue weighted by atomic mass is 35.5. The minimum atomic E-state index is -0.181. The zero-order valence-electron chi connectivity index (χ0n) is 10.4. The molecule has 2 rings (SSSR count). The fourth-order valence-corrected chi connectivity index (χ4v) is 1.76. The number of carbonyl (C=O) groups excluding carboxylic acids is 1. The van der Waals surface area contributed by atoms with E-state index in [2.05, 4.69) is 9.97 Å². The number of nitrogen functional groups attached to an aromatic ring is 1. The van der Waals surface area contributed by atoms with Crippen LogP contribution in [0.5, 0.6) is 0 Å². The van der Waals surface area contributed by atoms with Crippen molar-refractivity contribution in [3.63, 3.8) is 0 Å². The van der Waals surface area contributed by atoms with E-state index < -0.39 is 0 Å². The molecule has 0 spiro atoms. The first-order valence-electron chi connectivity index (χ1n) is 5.64. The molecular weight excluding hydrogens is 264 g/mol. The van der Waals surface area contributed by atoms with Crippen molar-refractivity contribution >= 4 is 23.3 Å². The van der Waals surface area contributed by atoms with Gasteiger partial charge in [-0.25, -0.2) is 4.98 Å². The van der Waals surface area contributed by atoms with E-state index in [0.29, 0.717) is 12.1 Å². The third-order valence-corrected chi connectivity index (χ3v) is 2.89. The number of halogens is 1. The zero-order valence-corrected chi connectivity index (χ0v) is 11.1. The summed E-state index contributed by atoms with van der Waals surface area (Å²) < 4.78 is 0. The summed E-state index contributed by atoms with van der Waals surface area (Å²) in [7, 11) is 1.70. The molecule has 0 aliphatic heterocycles. The predicted octanol–water partition coefficient (Wildman–Crippen LogP) is 1.98. The van der Waals surface area contributed by atoms with E-state index in [1.807, 2.05) is 18.2 Å². The molecule has 2 heterocycles. The summed E-state index contributed by atoms with van der Waals surface area (Å²) in [5.41, 5.74) is 6.72. The molecule has 2 aromatic heterocycles. The van der Waals surface area contributed by atoms with Crippen molar-refractivity contribution in [1.29, 1.82) is 0 Å². The van der Waals surface area contributed by atoms with Crippen molar-refractivity contribution in [2.24, 2.45) is 0 Å². The number of nitrogens with zero attached hydrogens (tertiary/aromatic N) is 3. The molecule has 98 valence electrons. The number of rotatable bonds is 3. The molecule has 0 aliphatic rings. The van der Waals surface area contributed by atoms with Gasteiger partial charge in [0.05, 0.1) is 22.8 Å². The van der Waals surface area contributed by atoms with Crippen LogP contribution in [-0.2, 0) is 6.54 Å². The monoisotopic (exact) mass is 276 g/mol. The molecule has 0 saturated carbocycles. The Morgan fingerprint density at radius 2 is 2.21 bits per heavy atom. The largest absolute Gasteiger partial charge is 0.382 e. The van der Waals surface area contributed by atoms with Crippen LogP contribution in [0.3, 0.4) is 0 Å². The van der Waals surface area contributed by atoms with Gasteiger partial charge in [0.1, 0.15) is 5.82 Å². The summed E-state index contributed by atoms with van der Waals surface area (Å²) in [5, 5.41) is 0.275. The minimum Gasteiger partial charge on any atom is -0.382 e. The van der Waals surface area contributed by atoms with Crippen molar-refractivity contribution < 1.29 is 4.79 Å². The molecule has 0 unspecified atom stereocenters. The summed E-state index contributed by atoms with van der Waals surface area (Å²) in [6.07, 6.45) is 3.10. The Labute approximate surface area is 116 Å². The number of hydrogen-bond acceptors (Lipinski definition) is 4. The Hall–Kier alpha value is -2.14. The van der Waals surface area contributed by atoms with Gasteiger partial charge in [-0.3, -0.25) is 9.78 Å². The minimum absolute atomic E-state index is 0.181. The Morgan fingerprint density at radius 1 is 1.42 bits per heavy atom. The number of hydrogen-bond donors (Lipinski definition) is 1. The van der Waals surface area contributed by atoms with E-state index in [9.17, 15) is 4.79 Å². The second kappa shape index (κ2) is 5.67. The molecule has 0 fully saturated rings. The van der Waals surface area contributed by atoms with Crippen LogP contribution in [0, 0.1) is 0 Å².